The number of para-hydroxylation sites is 1. The van der Waals surface area contributed by atoms with Gasteiger partial charge in [-0.05, 0) is 36.4 Å². The van der Waals surface area contributed by atoms with Crippen LogP contribution in [-0.2, 0) is 4.79 Å². The maximum absolute atomic E-state index is 12.8. The number of nitrogens with zero attached hydrogens (tertiary/aromatic N) is 1. The molecule has 0 radical (unpaired) electrons. The van der Waals surface area contributed by atoms with Crippen LogP contribution in [0.4, 0.5) is 10.1 Å². The second-order valence-corrected chi connectivity index (χ2v) is 5.36. The van der Waals surface area contributed by atoms with Gasteiger partial charge in [0.15, 0.2) is 17.3 Å². The van der Waals surface area contributed by atoms with Crippen molar-refractivity contribution in [2.75, 3.05) is 5.32 Å². The monoisotopic (exact) mass is 326 g/mol. The van der Waals surface area contributed by atoms with E-state index in [0.29, 0.717) is 28.2 Å². The summed E-state index contributed by atoms with van der Waals surface area (Å²) in [6, 6.07) is 10.5. The van der Waals surface area contributed by atoms with Crippen LogP contribution in [0.1, 0.15) is 29.1 Å². The van der Waals surface area contributed by atoms with E-state index in [-0.39, 0.29) is 24.5 Å². The smallest absolute Gasteiger partial charge is 0.224 e. The zero-order valence-corrected chi connectivity index (χ0v) is 13.0. The van der Waals surface area contributed by atoms with Crippen molar-refractivity contribution in [1.29, 1.82) is 0 Å². The number of hydrogen-bond donors (Lipinski definition) is 1. The number of Topliss-reactive ketones (excluding diaryl/α,β-unsaturated/α-hetero) is 1. The van der Waals surface area contributed by atoms with Crippen LogP contribution < -0.4 is 5.32 Å². The Labute approximate surface area is 137 Å². The highest BCUT2D eigenvalue weighted by Crippen LogP contribution is 2.24. The molecule has 0 aliphatic carbocycles. The molecular formula is C18H15FN2O3. The summed E-state index contributed by atoms with van der Waals surface area (Å²) in [6.07, 6.45) is 0.0720. The van der Waals surface area contributed by atoms with Crippen LogP contribution in [-0.4, -0.2) is 16.7 Å². The molecule has 0 fully saturated rings. The fourth-order valence-corrected chi connectivity index (χ4v) is 2.38. The summed E-state index contributed by atoms with van der Waals surface area (Å²) >= 11 is 0. The molecular weight excluding hydrogens is 311 g/mol. The number of nitrogens with one attached hydrogen (secondary N) is 1. The summed E-state index contributed by atoms with van der Waals surface area (Å²) in [5, 5.41) is 2.73. The van der Waals surface area contributed by atoms with E-state index < -0.39 is 5.82 Å². The van der Waals surface area contributed by atoms with E-state index in [2.05, 4.69) is 10.3 Å². The summed E-state index contributed by atoms with van der Waals surface area (Å²) in [7, 11) is 0. The maximum Gasteiger partial charge on any atom is 0.224 e. The highest BCUT2D eigenvalue weighted by Gasteiger charge is 2.13. The Bertz CT molecular complexity index is 900. The number of fused-ring (bicyclic) bond motifs is 1. The van der Waals surface area contributed by atoms with Crippen molar-refractivity contribution in [3.8, 4) is 0 Å². The number of carbonyl (C=O) groups excluding carboxylic acids is 2. The van der Waals surface area contributed by atoms with E-state index in [1.54, 1.807) is 25.1 Å². The molecule has 0 unspecified atom stereocenters. The van der Waals surface area contributed by atoms with Crippen LogP contribution in [0.2, 0.25) is 0 Å². The lowest BCUT2D eigenvalue weighted by Gasteiger charge is -2.05. The molecule has 1 amide bonds. The van der Waals surface area contributed by atoms with Crippen molar-refractivity contribution >= 4 is 28.5 Å². The van der Waals surface area contributed by atoms with Gasteiger partial charge in [0.2, 0.25) is 5.91 Å². The number of halogens is 1. The van der Waals surface area contributed by atoms with Gasteiger partial charge in [0.25, 0.3) is 0 Å². The third-order valence-corrected chi connectivity index (χ3v) is 3.54. The van der Waals surface area contributed by atoms with Gasteiger partial charge in [-0.2, -0.15) is 0 Å². The largest absolute Gasteiger partial charge is 0.439 e. The molecule has 0 spiro atoms. The van der Waals surface area contributed by atoms with Gasteiger partial charge in [0.1, 0.15) is 11.3 Å². The summed E-state index contributed by atoms with van der Waals surface area (Å²) in [6.45, 7) is 1.73. The standard InChI is InChI=1S/C18H15FN2O3/c1-11-20-14-3-2-4-15(18(14)24-11)21-17(23)10-9-16(22)12-5-7-13(19)8-6-12/h2-8H,9-10H2,1H3,(H,21,23). The lowest BCUT2D eigenvalue weighted by molar-refractivity contribution is -0.116. The van der Waals surface area contributed by atoms with E-state index in [0.717, 1.165) is 0 Å². The van der Waals surface area contributed by atoms with E-state index in [9.17, 15) is 14.0 Å². The molecule has 122 valence electrons. The second-order valence-electron chi connectivity index (χ2n) is 5.36. The van der Waals surface area contributed by atoms with Crippen LogP contribution in [0, 0.1) is 12.7 Å². The fraction of sp³-hybridized carbons (Fsp3) is 0.167. The molecule has 0 aliphatic rings. The van der Waals surface area contributed by atoms with Gasteiger partial charge in [-0.3, -0.25) is 9.59 Å². The predicted molar refractivity (Wildman–Crippen MR) is 87.3 cm³/mol. The van der Waals surface area contributed by atoms with Gasteiger partial charge in [-0.15, -0.1) is 0 Å². The predicted octanol–water partition coefficient (Wildman–Crippen LogP) is 3.88. The van der Waals surface area contributed by atoms with Crippen molar-refractivity contribution < 1.29 is 18.4 Å². The summed E-state index contributed by atoms with van der Waals surface area (Å²) in [5.41, 5.74) is 2.07. The summed E-state index contributed by atoms with van der Waals surface area (Å²) in [5.74, 6) is -0.399. The SMILES string of the molecule is Cc1nc2cccc(NC(=O)CCC(=O)c3ccc(F)cc3)c2o1. The number of rotatable bonds is 5. The van der Waals surface area contributed by atoms with Crippen molar-refractivity contribution in [2.45, 2.75) is 19.8 Å². The number of amides is 1. The van der Waals surface area contributed by atoms with E-state index in [1.807, 2.05) is 0 Å². The Kier molecular flexibility index (Phi) is 4.37. The molecule has 0 bridgehead atoms. The quantitative estimate of drug-likeness (QED) is 0.722. The molecule has 1 heterocycles. The van der Waals surface area contributed by atoms with Gasteiger partial charge >= 0.3 is 0 Å². The summed E-state index contributed by atoms with van der Waals surface area (Å²) in [4.78, 5) is 28.3. The van der Waals surface area contributed by atoms with Crippen molar-refractivity contribution in [2.24, 2.45) is 0 Å². The van der Waals surface area contributed by atoms with E-state index in [4.69, 9.17) is 4.42 Å². The molecule has 6 heteroatoms. The molecule has 3 aromatic rings. The number of benzene rings is 2. The zero-order chi connectivity index (χ0) is 17.1. The number of ketones is 1. The number of hydrogen-bond acceptors (Lipinski definition) is 4. The van der Waals surface area contributed by atoms with Crippen molar-refractivity contribution in [3.05, 3.63) is 59.7 Å². The minimum Gasteiger partial charge on any atom is -0.439 e. The molecule has 2 aromatic carbocycles. The van der Waals surface area contributed by atoms with Gasteiger partial charge < -0.3 is 9.73 Å². The maximum atomic E-state index is 12.8. The Morgan fingerprint density at radius 1 is 1.12 bits per heavy atom. The highest BCUT2D eigenvalue weighted by molar-refractivity contribution is 6.02. The second kappa shape index (κ2) is 6.62. The zero-order valence-electron chi connectivity index (χ0n) is 13.0. The van der Waals surface area contributed by atoms with E-state index >= 15 is 0 Å². The van der Waals surface area contributed by atoms with E-state index in [1.165, 1.54) is 24.3 Å². The topological polar surface area (TPSA) is 72.2 Å². The Morgan fingerprint density at radius 3 is 2.62 bits per heavy atom. The minimum atomic E-state index is -0.403. The van der Waals surface area contributed by atoms with Gasteiger partial charge in [-0.1, -0.05) is 6.07 Å². The van der Waals surface area contributed by atoms with Crippen LogP contribution in [0.5, 0.6) is 0 Å². The number of carbonyl (C=O) groups is 2. The van der Waals surface area contributed by atoms with Crippen LogP contribution in [0.15, 0.2) is 46.9 Å². The first-order chi connectivity index (χ1) is 11.5. The van der Waals surface area contributed by atoms with Crippen molar-refractivity contribution in [1.82, 2.24) is 4.98 Å². The molecule has 0 aliphatic heterocycles. The minimum absolute atomic E-state index is 0.0275. The van der Waals surface area contributed by atoms with Gasteiger partial charge in [-0.25, -0.2) is 9.37 Å². The Hall–Kier alpha value is -3.02. The van der Waals surface area contributed by atoms with Gasteiger partial charge in [0, 0.05) is 25.3 Å². The van der Waals surface area contributed by atoms with Crippen LogP contribution in [0.3, 0.4) is 0 Å². The number of anilines is 1. The average Bonchev–Trinajstić information content (AvgIpc) is 2.95. The number of aromatic nitrogens is 1. The number of oxazole rings is 1. The third-order valence-electron chi connectivity index (χ3n) is 3.54. The molecule has 0 saturated heterocycles. The average molecular weight is 326 g/mol. The molecule has 1 aromatic heterocycles. The number of aryl methyl sites for hydroxylation is 1. The molecule has 3 rings (SSSR count). The van der Waals surface area contributed by atoms with Crippen LogP contribution >= 0.6 is 0 Å². The summed E-state index contributed by atoms with van der Waals surface area (Å²) < 4.78 is 18.3. The van der Waals surface area contributed by atoms with Crippen molar-refractivity contribution in [3.63, 3.8) is 0 Å². The highest BCUT2D eigenvalue weighted by atomic mass is 19.1. The first kappa shape index (κ1) is 15.9. The molecule has 1 N–H and O–H groups in total. The Morgan fingerprint density at radius 2 is 1.88 bits per heavy atom. The molecule has 0 atom stereocenters. The van der Waals surface area contributed by atoms with Gasteiger partial charge in [0.05, 0.1) is 5.69 Å². The normalized spacial score (nSPS) is 10.8. The molecule has 0 saturated carbocycles. The first-order valence-electron chi connectivity index (χ1n) is 7.48. The fourth-order valence-electron chi connectivity index (χ4n) is 2.38. The third kappa shape index (κ3) is 3.48. The lowest BCUT2D eigenvalue weighted by atomic mass is 10.1. The molecule has 5 nitrogen and oxygen atoms in total. The Balaban J connectivity index is 1.63. The lowest BCUT2D eigenvalue weighted by Crippen LogP contribution is -2.13. The van der Waals surface area contributed by atoms with Crippen LogP contribution in [0.25, 0.3) is 11.1 Å². The first-order valence-corrected chi connectivity index (χ1v) is 7.48. The molecule has 24 heavy (non-hydrogen) atoms.